The van der Waals surface area contributed by atoms with Crippen molar-refractivity contribution < 1.29 is 22.7 Å². The molecule has 0 amide bonds. The molecule has 0 saturated heterocycles. The molecule has 0 unspecified atom stereocenters. The van der Waals surface area contributed by atoms with Crippen molar-refractivity contribution in [2.45, 2.75) is 28.2 Å². The highest BCUT2D eigenvalue weighted by Gasteiger charge is 2.20. The Labute approximate surface area is 164 Å². The van der Waals surface area contributed by atoms with E-state index in [0.29, 0.717) is 21.7 Å². The van der Waals surface area contributed by atoms with Crippen molar-refractivity contribution in [3.05, 3.63) is 58.5 Å². The molecular formula is C18H15ClFNO4S2. The van der Waals surface area contributed by atoms with Crippen molar-refractivity contribution in [1.29, 1.82) is 0 Å². The number of aromatic nitrogens is 1. The molecule has 0 aliphatic carbocycles. The summed E-state index contributed by atoms with van der Waals surface area (Å²) in [5, 5.41) is 9.76. The Kier molecular flexibility index (Phi) is 5.24. The fourth-order valence-electron chi connectivity index (χ4n) is 2.77. The van der Waals surface area contributed by atoms with E-state index in [-0.39, 0.29) is 16.3 Å². The Morgan fingerprint density at radius 2 is 1.93 bits per heavy atom. The number of rotatable bonds is 5. The summed E-state index contributed by atoms with van der Waals surface area (Å²) in [6.07, 6.45) is 2.14. The van der Waals surface area contributed by atoms with Gasteiger partial charge in [0.05, 0.1) is 26.9 Å². The molecule has 0 radical (unpaired) electrons. The van der Waals surface area contributed by atoms with Gasteiger partial charge in [-0.05, 0) is 48.4 Å². The molecule has 9 heteroatoms. The minimum Gasteiger partial charge on any atom is -0.481 e. The highest BCUT2D eigenvalue weighted by Crippen LogP contribution is 2.37. The summed E-state index contributed by atoms with van der Waals surface area (Å²) < 4.78 is 38.8. The van der Waals surface area contributed by atoms with Gasteiger partial charge in [-0.25, -0.2) is 12.8 Å². The van der Waals surface area contributed by atoms with Crippen LogP contribution in [0.25, 0.3) is 5.52 Å². The summed E-state index contributed by atoms with van der Waals surface area (Å²) in [5.41, 5.74) is 1.78. The van der Waals surface area contributed by atoms with Gasteiger partial charge >= 0.3 is 5.97 Å². The second-order valence-electron chi connectivity index (χ2n) is 6.05. The molecule has 0 saturated carbocycles. The molecule has 1 N–H and O–H groups in total. The number of carbonyl (C=O) groups is 1. The zero-order valence-electron chi connectivity index (χ0n) is 14.4. The van der Waals surface area contributed by atoms with E-state index in [2.05, 4.69) is 0 Å². The van der Waals surface area contributed by atoms with Crippen molar-refractivity contribution in [2.75, 3.05) is 6.26 Å². The molecule has 0 bridgehead atoms. The molecule has 1 aromatic carbocycles. The topological polar surface area (TPSA) is 75.8 Å². The van der Waals surface area contributed by atoms with Crippen molar-refractivity contribution in [2.24, 2.45) is 0 Å². The van der Waals surface area contributed by atoms with Crippen LogP contribution in [0.15, 0.2) is 51.3 Å². The molecule has 0 spiro atoms. The van der Waals surface area contributed by atoms with E-state index in [0.717, 1.165) is 11.2 Å². The number of hydrogen-bond acceptors (Lipinski definition) is 4. The van der Waals surface area contributed by atoms with Gasteiger partial charge in [0, 0.05) is 17.3 Å². The number of hydrogen-bond donors (Lipinski definition) is 1. The Morgan fingerprint density at radius 1 is 1.30 bits per heavy atom. The maximum atomic E-state index is 14.0. The van der Waals surface area contributed by atoms with Crippen LogP contribution < -0.4 is 0 Å². The van der Waals surface area contributed by atoms with Crippen LogP contribution in [0.5, 0.6) is 0 Å². The van der Waals surface area contributed by atoms with Crippen LogP contribution in [0, 0.1) is 12.7 Å². The lowest BCUT2D eigenvalue weighted by atomic mass is 10.1. The second-order valence-corrected chi connectivity index (χ2v) is 9.53. The van der Waals surface area contributed by atoms with Crippen LogP contribution in [0.3, 0.4) is 0 Å². The second kappa shape index (κ2) is 7.18. The van der Waals surface area contributed by atoms with Gasteiger partial charge in [0.2, 0.25) is 0 Å². The van der Waals surface area contributed by atoms with E-state index in [1.54, 1.807) is 23.5 Å². The standard InChI is InChI=1S/C18H15ClFNO4S2/c1-10-13(7-17(22)23)16-8-14(19)15(20)9-21(16)18(10)26-11-3-5-12(6-4-11)27(2,24)25/h3-6,8-9H,7H2,1-2H3,(H,22,23). The summed E-state index contributed by atoms with van der Waals surface area (Å²) in [6, 6.07) is 7.72. The zero-order chi connectivity index (χ0) is 19.9. The van der Waals surface area contributed by atoms with Gasteiger partial charge in [0.15, 0.2) is 15.7 Å². The van der Waals surface area contributed by atoms with E-state index in [1.165, 1.54) is 36.2 Å². The monoisotopic (exact) mass is 427 g/mol. The van der Waals surface area contributed by atoms with E-state index in [4.69, 9.17) is 11.6 Å². The number of halogens is 2. The van der Waals surface area contributed by atoms with Crippen LogP contribution in [0.1, 0.15) is 11.1 Å². The van der Waals surface area contributed by atoms with E-state index >= 15 is 0 Å². The lowest BCUT2D eigenvalue weighted by Crippen LogP contribution is -2.01. The predicted molar refractivity (Wildman–Crippen MR) is 102 cm³/mol. The first kappa shape index (κ1) is 19.7. The molecule has 3 rings (SSSR count). The summed E-state index contributed by atoms with van der Waals surface area (Å²) in [4.78, 5) is 12.2. The van der Waals surface area contributed by atoms with Crippen LogP contribution in [-0.4, -0.2) is 30.2 Å². The summed E-state index contributed by atoms with van der Waals surface area (Å²) in [6.45, 7) is 1.77. The van der Waals surface area contributed by atoms with Gasteiger partial charge in [-0.15, -0.1) is 0 Å². The van der Waals surface area contributed by atoms with Crippen LogP contribution >= 0.6 is 23.4 Å². The first-order valence-corrected chi connectivity index (χ1v) is 10.8. The number of carboxylic acids is 1. The largest absolute Gasteiger partial charge is 0.481 e. The first-order valence-electron chi connectivity index (χ1n) is 7.76. The maximum absolute atomic E-state index is 14.0. The predicted octanol–water partition coefficient (Wildman–Crippen LogP) is 4.22. The highest BCUT2D eigenvalue weighted by molar-refractivity contribution is 7.99. The number of nitrogens with zero attached hydrogens (tertiary/aromatic N) is 1. The van der Waals surface area contributed by atoms with Gasteiger partial charge in [-0.3, -0.25) is 4.79 Å². The average molecular weight is 428 g/mol. The van der Waals surface area contributed by atoms with E-state index in [9.17, 15) is 22.7 Å². The third kappa shape index (κ3) is 3.97. The minimum absolute atomic E-state index is 0.0827. The van der Waals surface area contributed by atoms with Crippen LogP contribution in [-0.2, 0) is 21.1 Å². The third-order valence-electron chi connectivity index (χ3n) is 4.09. The maximum Gasteiger partial charge on any atom is 0.307 e. The van der Waals surface area contributed by atoms with Gasteiger partial charge in [-0.1, -0.05) is 23.4 Å². The molecule has 2 heterocycles. The fourth-order valence-corrected chi connectivity index (χ4v) is 4.58. The van der Waals surface area contributed by atoms with Crippen LogP contribution in [0.2, 0.25) is 5.02 Å². The minimum atomic E-state index is -3.30. The summed E-state index contributed by atoms with van der Waals surface area (Å²) in [5.74, 6) is -1.62. The smallest absolute Gasteiger partial charge is 0.307 e. The van der Waals surface area contributed by atoms with Crippen molar-refractivity contribution in [3.63, 3.8) is 0 Å². The number of fused-ring (bicyclic) bond motifs is 1. The van der Waals surface area contributed by atoms with Gasteiger partial charge in [-0.2, -0.15) is 0 Å². The number of sulfone groups is 1. The number of benzene rings is 1. The van der Waals surface area contributed by atoms with Gasteiger partial charge < -0.3 is 9.51 Å². The molecule has 0 aliphatic rings. The fraction of sp³-hybridized carbons (Fsp3) is 0.167. The molecule has 0 fully saturated rings. The molecule has 5 nitrogen and oxygen atoms in total. The van der Waals surface area contributed by atoms with Crippen molar-refractivity contribution >= 4 is 44.7 Å². The quantitative estimate of drug-likeness (QED) is 0.659. The Balaban J connectivity index is 2.12. The first-order chi connectivity index (χ1) is 12.6. The van der Waals surface area contributed by atoms with Gasteiger partial charge in [0.1, 0.15) is 0 Å². The molecule has 0 aliphatic heterocycles. The Bertz CT molecular complexity index is 1150. The SMILES string of the molecule is Cc1c(CC(=O)O)c2cc(Cl)c(F)cn2c1Sc1ccc(S(C)(=O)=O)cc1. The molecule has 0 atom stereocenters. The highest BCUT2D eigenvalue weighted by atomic mass is 35.5. The number of aliphatic carboxylic acids is 1. The molecule has 142 valence electrons. The third-order valence-corrected chi connectivity index (χ3v) is 6.71. The molecular weight excluding hydrogens is 413 g/mol. The lowest BCUT2D eigenvalue weighted by molar-refractivity contribution is -0.136. The van der Waals surface area contributed by atoms with Crippen molar-refractivity contribution in [1.82, 2.24) is 4.40 Å². The normalized spacial score (nSPS) is 11.9. The van der Waals surface area contributed by atoms with Gasteiger partial charge in [0.25, 0.3) is 0 Å². The van der Waals surface area contributed by atoms with Crippen molar-refractivity contribution in [3.8, 4) is 0 Å². The zero-order valence-corrected chi connectivity index (χ0v) is 16.8. The number of carboxylic acid groups (broad SMARTS) is 1. The Hall–Kier alpha value is -2.03. The average Bonchev–Trinajstić information content (AvgIpc) is 2.80. The molecule has 2 aromatic heterocycles. The van der Waals surface area contributed by atoms with E-state index < -0.39 is 21.6 Å². The Morgan fingerprint density at radius 3 is 2.48 bits per heavy atom. The summed E-state index contributed by atoms with van der Waals surface area (Å²) >= 11 is 7.17. The van der Waals surface area contributed by atoms with Crippen LogP contribution in [0.4, 0.5) is 4.39 Å². The summed E-state index contributed by atoms with van der Waals surface area (Å²) in [7, 11) is -3.30. The molecule has 27 heavy (non-hydrogen) atoms. The van der Waals surface area contributed by atoms with E-state index in [1.807, 2.05) is 0 Å². The lowest BCUT2D eigenvalue weighted by Gasteiger charge is -2.06. The molecule has 3 aromatic rings. The number of pyridine rings is 1.